The second-order valence-corrected chi connectivity index (χ2v) is 10.1. The highest BCUT2D eigenvalue weighted by Gasteiger charge is 2.31. The highest BCUT2D eigenvalue weighted by Crippen LogP contribution is 2.27. The Morgan fingerprint density at radius 2 is 1.67 bits per heavy atom. The summed E-state index contributed by atoms with van der Waals surface area (Å²) in [4.78, 5) is 17.3. The fourth-order valence-corrected chi connectivity index (χ4v) is 5.83. The first kappa shape index (κ1) is 20.5. The highest BCUT2D eigenvalue weighted by atomic mass is 32.2. The molecular formula is C23H25N3O3S. The van der Waals surface area contributed by atoms with E-state index >= 15 is 0 Å². The minimum absolute atomic E-state index is 0.244. The van der Waals surface area contributed by atoms with E-state index < -0.39 is 10.0 Å². The van der Waals surface area contributed by atoms with Gasteiger partial charge in [0.15, 0.2) is 0 Å². The molecule has 0 bridgehead atoms. The molecule has 0 saturated carbocycles. The lowest BCUT2D eigenvalue weighted by Gasteiger charge is -2.34. The Morgan fingerprint density at radius 3 is 2.37 bits per heavy atom. The van der Waals surface area contributed by atoms with Gasteiger partial charge in [-0.3, -0.25) is 9.78 Å². The van der Waals surface area contributed by atoms with Crippen LogP contribution in [0, 0.1) is 11.8 Å². The molecule has 2 atom stereocenters. The van der Waals surface area contributed by atoms with Crippen molar-refractivity contribution in [3.05, 3.63) is 66.4 Å². The second-order valence-electron chi connectivity index (χ2n) is 8.13. The lowest BCUT2D eigenvalue weighted by atomic mass is 9.94. The summed E-state index contributed by atoms with van der Waals surface area (Å²) in [6.07, 6.45) is 2.70. The van der Waals surface area contributed by atoms with Crippen LogP contribution in [0.25, 0.3) is 10.9 Å². The summed E-state index contributed by atoms with van der Waals surface area (Å²) in [5.74, 6) is 0.404. The number of piperidine rings is 1. The normalized spacial score (nSPS) is 20.2. The summed E-state index contributed by atoms with van der Waals surface area (Å²) in [7, 11) is -3.54. The molecule has 1 aliphatic rings. The van der Waals surface area contributed by atoms with Crippen LogP contribution in [-0.2, 0) is 10.0 Å². The van der Waals surface area contributed by atoms with Crippen LogP contribution < -0.4 is 5.32 Å². The predicted molar refractivity (Wildman–Crippen MR) is 118 cm³/mol. The largest absolute Gasteiger partial charge is 0.322 e. The Labute approximate surface area is 177 Å². The van der Waals surface area contributed by atoms with Crippen LogP contribution in [0.1, 0.15) is 30.6 Å². The van der Waals surface area contributed by atoms with E-state index in [0.29, 0.717) is 41.7 Å². The highest BCUT2D eigenvalue weighted by molar-refractivity contribution is 7.89. The predicted octanol–water partition coefficient (Wildman–Crippen LogP) is 4.15. The number of nitrogens with one attached hydrogen (secondary N) is 1. The molecule has 0 spiro atoms. The van der Waals surface area contributed by atoms with Gasteiger partial charge in [0.05, 0.1) is 16.0 Å². The molecule has 1 fully saturated rings. The van der Waals surface area contributed by atoms with Crippen molar-refractivity contribution in [2.45, 2.75) is 25.2 Å². The lowest BCUT2D eigenvalue weighted by molar-refractivity contribution is 0.102. The van der Waals surface area contributed by atoms with Crippen LogP contribution in [0.5, 0.6) is 0 Å². The first-order valence-corrected chi connectivity index (χ1v) is 11.5. The van der Waals surface area contributed by atoms with Gasteiger partial charge in [-0.05, 0) is 54.7 Å². The number of fused-ring (bicyclic) bond motifs is 1. The molecule has 4 rings (SSSR count). The lowest BCUT2D eigenvalue weighted by Crippen LogP contribution is -2.42. The van der Waals surface area contributed by atoms with Crippen LogP contribution in [-0.4, -0.2) is 36.7 Å². The Balaban J connectivity index is 1.53. The van der Waals surface area contributed by atoms with Crippen LogP contribution in [0.3, 0.4) is 0 Å². The molecule has 1 aromatic heterocycles. The minimum atomic E-state index is -3.54. The summed E-state index contributed by atoms with van der Waals surface area (Å²) < 4.78 is 27.6. The molecular weight excluding hydrogens is 398 g/mol. The van der Waals surface area contributed by atoms with Gasteiger partial charge >= 0.3 is 0 Å². The molecule has 3 aromatic rings. The molecule has 1 N–H and O–H groups in total. The molecule has 0 radical (unpaired) electrons. The van der Waals surface area contributed by atoms with E-state index in [1.165, 1.54) is 0 Å². The van der Waals surface area contributed by atoms with Crippen molar-refractivity contribution in [3.63, 3.8) is 0 Å². The Hall–Kier alpha value is -2.77. The molecule has 0 unspecified atom stereocenters. The number of pyridine rings is 1. The van der Waals surface area contributed by atoms with Crippen molar-refractivity contribution in [2.75, 3.05) is 18.4 Å². The standard InChI is InChI=1S/C23H25N3O3S/c1-16-13-17(2)15-26(14-16)30(28,29)20-10-8-19(9-11-20)25-23(27)21-7-3-5-18-6-4-12-24-22(18)21/h3-12,16-17H,13-15H2,1-2H3,(H,25,27)/t16-,17+. The van der Waals surface area contributed by atoms with E-state index in [-0.39, 0.29) is 10.8 Å². The maximum absolute atomic E-state index is 13.0. The molecule has 1 saturated heterocycles. The average Bonchev–Trinajstić information content (AvgIpc) is 2.73. The summed E-state index contributed by atoms with van der Waals surface area (Å²) in [5, 5.41) is 3.72. The van der Waals surface area contributed by atoms with E-state index in [1.807, 2.05) is 24.3 Å². The van der Waals surface area contributed by atoms with Crippen LogP contribution in [0.2, 0.25) is 0 Å². The fraction of sp³-hybridized carbons (Fsp3) is 0.304. The SMILES string of the molecule is C[C@@H]1C[C@H](C)CN(S(=O)(=O)c2ccc(NC(=O)c3cccc4cccnc34)cc2)C1. The number of carbonyl (C=O) groups excluding carboxylic acids is 1. The fourth-order valence-electron chi connectivity index (χ4n) is 4.15. The molecule has 0 aliphatic carbocycles. The summed E-state index contributed by atoms with van der Waals surface area (Å²) >= 11 is 0. The van der Waals surface area contributed by atoms with Gasteiger partial charge in [0.25, 0.3) is 5.91 Å². The van der Waals surface area contributed by atoms with Gasteiger partial charge in [0.1, 0.15) is 0 Å². The second kappa shape index (κ2) is 8.16. The van der Waals surface area contributed by atoms with Gasteiger partial charge in [-0.15, -0.1) is 0 Å². The van der Waals surface area contributed by atoms with E-state index in [4.69, 9.17) is 0 Å². The molecule has 7 heteroatoms. The molecule has 156 valence electrons. The molecule has 1 amide bonds. The van der Waals surface area contributed by atoms with E-state index in [2.05, 4.69) is 24.1 Å². The summed E-state index contributed by atoms with van der Waals surface area (Å²) in [5.41, 5.74) is 1.64. The van der Waals surface area contributed by atoms with Gasteiger partial charge in [0, 0.05) is 30.4 Å². The number of sulfonamides is 1. The number of carbonyl (C=O) groups is 1. The van der Waals surface area contributed by atoms with Crippen LogP contribution >= 0.6 is 0 Å². The van der Waals surface area contributed by atoms with Gasteiger partial charge in [0.2, 0.25) is 10.0 Å². The Morgan fingerprint density at radius 1 is 1.00 bits per heavy atom. The van der Waals surface area contributed by atoms with E-state index in [9.17, 15) is 13.2 Å². The zero-order valence-electron chi connectivity index (χ0n) is 17.1. The summed E-state index contributed by atoms with van der Waals surface area (Å²) in [6.45, 7) is 5.25. The molecule has 2 heterocycles. The monoisotopic (exact) mass is 423 g/mol. The van der Waals surface area contributed by atoms with E-state index in [0.717, 1.165) is 11.8 Å². The molecule has 6 nitrogen and oxygen atoms in total. The molecule has 30 heavy (non-hydrogen) atoms. The minimum Gasteiger partial charge on any atom is -0.322 e. The first-order valence-electron chi connectivity index (χ1n) is 10.1. The smallest absolute Gasteiger partial charge is 0.257 e. The zero-order chi connectivity index (χ0) is 21.3. The summed E-state index contributed by atoms with van der Waals surface area (Å²) in [6, 6.07) is 15.5. The maximum Gasteiger partial charge on any atom is 0.257 e. The third-order valence-corrected chi connectivity index (χ3v) is 7.31. The topological polar surface area (TPSA) is 79.4 Å². The van der Waals surface area contributed by atoms with Crippen molar-refractivity contribution < 1.29 is 13.2 Å². The third-order valence-electron chi connectivity index (χ3n) is 5.46. The van der Waals surface area contributed by atoms with Gasteiger partial charge in [-0.2, -0.15) is 4.31 Å². The number of aromatic nitrogens is 1. The van der Waals surface area contributed by atoms with Gasteiger partial charge in [-0.1, -0.05) is 32.0 Å². The first-order chi connectivity index (χ1) is 14.3. The Bertz CT molecular complexity index is 1160. The van der Waals surface area contributed by atoms with Crippen molar-refractivity contribution in [1.82, 2.24) is 9.29 Å². The van der Waals surface area contributed by atoms with Crippen LogP contribution in [0.15, 0.2) is 65.7 Å². The number of hydrogen-bond acceptors (Lipinski definition) is 4. The molecule has 2 aromatic carbocycles. The van der Waals surface area contributed by atoms with Gasteiger partial charge in [-0.25, -0.2) is 8.42 Å². The zero-order valence-corrected chi connectivity index (χ0v) is 17.9. The van der Waals surface area contributed by atoms with Crippen molar-refractivity contribution in [1.29, 1.82) is 0 Å². The number of benzene rings is 2. The van der Waals surface area contributed by atoms with Gasteiger partial charge < -0.3 is 5.32 Å². The number of amides is 1. The Kier molecular flexibility index (Phi) is 5.58. The average molecular weight is 424 g/mol. The van der Waals surface area contributed by atoms with Crippen molar-refractivity contribution in [3.8, 4) is 0 Å². The number of hydrogen-bond donors (Lipinski definition) is 1. The number of nitrogens with zero attached hydrogens (tertiary/aromatic N) is 2. The van der Waals surface area contributed by atoms with Crippen molar-refractivity contribution >= 4 is 32.5 Å². The maximum atomic E-state index is 13.0. The van der Waals surface area contributed by atoms with Crippen molar-refractivity contribution in [2.24, 2.45) is 11.8 Å². The molecule has 1 aliphatic heterocycles. The number of rotatable bonds is 4. The van der Waals surface area contributed by atoms with Crippen LogP contribution in [0.4, 0.5) is 5.69 Å². The van der Waals surface area contributed by atoms with E-state index in [1.54, 1.807) is 40.8 Å². The quantitative estimate of drug-likeness (QED) is 0.684. The number of para-hydroxylation sites is 1. The third kappa shape index (κ3) is 4.08. The number of anilines is 1.